The van der Waals surface area contributed by atoms with E-state index < -0.39 is 5.97 Å². The summed E-state index contributed by atoms with van der Waals surface area (Å²) in [5.41, 5.74) is 2.46. The van der Waals surface area contributed by atoms with Crippen LogP contribution < -0.4 is 10.2 Å². The van der Waals surface area contributed by atoms with E-state index in [1.54, 1.807) is 24.3 Å². The van der Waals surface area contributed by atoms with Crippen LogP contribution in [0.5, 0.6) is 0 Å². The summed E-state index contributed by atoms with van der Waals surface area (Å²) in [7, 11) is 1.30. The zero-order valence-electron chi connectivity index (χ0n) is 15.3. The molecule has 0 atom stereocenters. The number of hydrogen-bond donors (Lipinski definition) is 1. The minimum atomic E-state index is -0.509. The molecular weight excluding hydrogens is 442 g/mol. The monoisotopic (exact) mass is 459 g/mol. The molecule has 0 aliphatic heterocycles. The normalized spacial score (nSPS) is 10.4. The number of anilines is 2. The molecule has 0 saturated heterocycles. The van der Waals surface area contributed by atoms with Crippen LogP contribution in [-0.4, -0.2) is 30.6 Å². The first-order valence-corrected chi connectivity index (χ1v) is 10.2. The smallest absolute Gasteiger partial charge is 0.339 e. The van der Waals surface area contributed by atoms with Gasteiger partial charge in [0.15, 0.2) is 5.13 Å². The highest BCUT2D eigenvalue weighted by molar-refractivity contribution is 9.10. The number of benzene rings is 2. The summed E-state index contributed by atoms with van der Waals surface area (Å²) in [6, 6.07) is 14.2. The van der Waals surface area contributed by atoms with Crippen LogP contribution in [0.3, 0.4) is 0 Å². The second-order valence-electron chi connectivity index (χ2n) is 5.73. The van der Waals surface area contributed by atoms with E-state index in [0.717, 1.165) is 15.7 Å². The summed E-state index contributed by atoms with van der Waals surface area (Å²) in [4.78, 5) is 30.9. The summed E-state index contributed by atoms with van der Waals surface area (Å²) < 4.78 is 5.76. The molecule has 0 radical (unpaired) electrons. The van der Waals surface area contributed by atoms with Gasteiger partial charge in [-0.25, -0.2) is 14.6 Å². The average molecular weight is 460 g/mol. The number of ether oxygens (including phenoxy) is 1. The van der Waals surface area contributed by atoms with Crippen LogP contribution in [0.4, 0.5) is 15.6 Å². The van der Waals surface area contributed by atoms with Crippen molar-refractivity contribution in [2.75, 3.05) is 23.9 Å². The zero-order valence-corrected chi connectivity index (χ0v) is 17.7. The van der Waals surface area contributed by atoms with Gasteiger partial charge >= 0.3 is 12.0 Å². The van der Waals surface area contributed by atoms with Crippen molar-refractivity contribution < 1.29 is 14.3 Å². The molecule has 1 N–H and O–H groups in total. The van der Waals surface area contributed by atoms with E-state index in [9.17, 15) is 9.59 Å². The Labute approximate surface area is 175 Å². The SMILES string of the molecule is CCN(C(=O)Nc1ccccc1C(=O)OC)c1nc(-c2ccc(Br)cc2)cs1. The van der Waals surface area contributed by atoms with Gasteiger partial charge < -0.3 is 10.1 Å². The fourth-order valence-electron chi connectivity index (χ4n) is 2.57. The van der Waals surface area contributed by atoms with Crippen LogP contribution in [0.15, 0.2) is 58.4 Å². The highest BCUT2D eigenvalue weighted by atomic mass is 79.9. The van der Waals surface area contributed by atoms with Crippen molar-refractivity contribution in [3.63, 3.8) is 0 Å². The van der Waals surface area contributed by atoms with Crippen molar-refractivity contribution in [1.29, 1.82) is 0 Å². The van der Waals surface area contributed by atoms with Crippen molar-refractivity contribution in [2.24, 2.45) is 0 Å². The summed E-state index contributed by atoms with van der Waals surface area (Å²) >= 11 is 4.80. The molecule has 0 spiro atoms. The average Bonchev–Trinajstić information content (AvgIpc) is 3.18. The number of thiazole rings is 1. The number of halogens is 1. The highest BCUT2D eigenvalue weighted by Crippen LogP contribution is 2.29. The molecule has 3 aromatic rings. The molecule has 0 aliphatic rings. The molecule has 1 aromatic heterocycles. The first-order valence-electron chi connectivity index (χ1n) is 8.50. The number of hydrogen-bond acceptors (Lipinski definition) is 5. The van der Waals surface area contributed by atoms with Crippen LogP contribution in [-0.2, 0) is 4.74 Å². The first-order chi connectivity index (χ1) is 13.5. The van der Waals surface area contributed by atoms with E-state index >= 15 is 0 Å². The quantitative estimate of drug-likeness (QED) is 0.517. The van der Waals surface area contributed by atoms with Gasteiger partial charge in [-0.15, -0.1) is 11.3 Å². The Balaban J connectivity index is 1.82. The Morgan fingerprint density at radius 3 is 2.57 bits per heavy atom. The number of carbonyl (C=O) groups excluding carboxylic acids is 2. The highest BCUT2D eigenvalue weighted by Gasteiger charge is 2.20. The number of methoxy groups -OCH3 is 1. The lowest BCUT2D eigenvalue weighted by molar-refractivity contribution is 0.0602. The van der Waals surface area contributed by atoms with Gasteiger partial charge in [-0.3, -0.25) is 4.90 Å². The number of rotatable bonds is 5. The van der Waals surface area contributed by atoms with Gasteiger partial charge in [0.2, 0.25) is 0 Å². The molecule has 0 unspecified atom stereocenters. The Morgan fingerprint density at radius 2 is 1.89 bits per heavy atom. The molecule has 0 aliphatic carbocycles. The Morgan fingerprint density at radius 1 is 1.18 bits per heavy atom. The number of carbonyl (C=O) groups is 2. The van der Waals surface area contributed by atoms with Crippen molar-refractivity contribution in [3.05, 3.63) is 63.9 Å². The van der Waals surface area contributed by atoms with Gasteiger partial charge in [0, 0.05) is 22.0 Å². The molecule has 8 heteroatoms. The van der Waals surface area contributed by atoms with E-state index in [4.69, 9.17) is 4.74 Å². The standard InChI is InChI=1S/C20H18BrN3O3S/c1-3-24(19(26)22-16-7-5-4-6-15(16)18(25)27-2)20-23-17(12-28-20)13-8-10-14(21)11-9-13/h4-12H,3H2,1-2H3,(H,22,26). The lowest BCUT2D eigenvalue weighted by atomic mass is 10.2. The van der Waals surface area contributed by atoms with Crippen LogP contribution >= 0.6 is 27.3 Å². The summed E-state index contributed by atoms with van der Waals surface area (Å²) in [6.45, 7) is 2.30. The first kappa shape index (κ1) is 20.0. The van der Waals surface area contributed by atoms with Crippen LogP contribution in [0, 0.1) is 0 Å². The van der Waals surface area contributed by atoms with Crippen molar-refractivity contribution in [3.8, 4) is 11.3 Å². The number of esters is 1. The minimum Gasteiger partial charge on any atom is -0.465 e. The van der Waals surface area contributed by atoms with E-state index in [0.29, 0.717) is 22.9 Å². The molecule has 2 amide bonds. The van der Waals surface area contributed by atoms with Crippen molar-refractivity contribution >= 4 is 50.1 Å². The molecule has 0 bridgehead atoms. The number of aromatic nitrogens is 1. The van der Waals surface area contributed by atoms with E-state index in [1.165, 1.54) is 23.3 Å². The number of nitrogens with one attached hydrogen (secondary N) is 1. The Hall–Kier alpha value is -2.71. The predicted molar refractivity (Wildman–Crippen MR) is 115 cm³/mol. The van der Waals surface area contributed by atoms with Crippen LogP contribution in [0.25, 0.3) is 11.3 Å². The minimum absolute atomic E-state index is 0.295. The Kier molecular flexibility index (Phi) is 6.43. The summed E-state index contributed by atoms with van der Waals surface area (Å²) in [5.74, 6) is -0.509. The fraction of sp³-hybridized carbons (Fsp3) is 0.150. The molecular formula is C20H18BrN3O3S. The van der Waals surface area contributed by atoms with Crippen molar-refractivity contribution in [1.82, 2.24) is 4.98 Å². The number of nitrogens with zero attached hydrogens (tertiary/aromatic N) is 2. The largest absolute Gasteiger partial charge is 0.465 e. The number of amides is 2. The second kappa shape index (κ2) is 8.99. The second-order valence-corrected chi connectivity index (χ2v) is 7.49. The number of para-hydroxylation sites is 1. The van der Waals surface area contributed by atoms with Crippen LogP contribution in [0.1, 0.15) is 17.3 Å². The molecule has 28 heavy (non-hydrogen) atoms. The van der Waals surface area contributed by atoms with Crippen molar-refractivity contribution in [2.45, 2.75) is 6.92 Å². The maximum absolute atomic E-state index is 12.8. The lowest BCUT2D eigenvalue weighted by Gasteiger charge is -2.19. The van der Waals surface area contributed by atoms with E-state index in [2.05, 4.69) is 26.2 Å². The summed E-state index contributed by atoms with van der Waals surface area (Å²) in [6.07, 6.45) is 0. The molecule has 2 aromatic carbocycles. The maximum atomic E-state index is 12.8. The number of urea groups is 1. The summed E-state index contributed by atoms with van der Waals surface area (Å²) in [5, 5.41) is 5.27. The van der Waals surface area contributed by atoms with Gasteiger partial charge in [-0.1, -0.05) is 40.2 Å². The van der Waals surface area contributed by atoms with Gasteiger partial charge in [0.05, 0.1) is 24.1 Å². The molecule has 3 rings (SSSR count). The van der Waals surface area contributed by atoms with Crippen LogP contribution in [0.2, 0.25) is 0 Å². The molecule has 0 saturated carbocycles. The fourth-order valence-corrected chi connectivity index (χ4v) is 3.73. The predicted octanol–water partition coefficient (Wildman–Crippen LogP) is 5.42. The molecule has 1 heterocycles. The van der Waals surface area contributed by atoms with Gasteiger partial charge in [-0.05, 0) is 31.2 Å². The zero-order chi connectivity index (χ0) is 20.1. The molecule has 0 fully saturated rings. The lowest BCUT2D eigenvalue weighted by Crippen LogP contribution is -2.35. The molecule has 6 nitrogen and oxygen atoms in total. The van der Waals surface area contributed by atoms with E-state index in [-0.39, 0.29) is 6.03 Å². The van der Waals surface area contributed by atoms with E-state index in [1.807, 2.05) is 36.6 Å². The van der Waals surface area contributed by atoms with Gasteiger partial charge in [0.1, 0.15) is 0 Å². The maximum Gasteiger partial charge on any atom is 0.339 e. The Bertz CT molecular complexity index is 988. The third-order valence-electron chi connectivity index (χ3n) is 4.00. The molecule has 144 valence electrons. The van der Waals surface area contributed by atoms with Gasteiger partial charge in [-0.2, -0.15) is 0 Å². The third-order valence-corrected chi connectivity index (χ3v) is 5.39. The third kappa shape index (κ3) is 4.40. The van der Waals surface area contributed by atoms with Gasteiger partial charge in [0.25, 0.3) is 0 Å². The topological polar surface area (TPSA) is 71.5 Å².